The van der Waals surface area contributed by atoms with Crippen LogP contribution in [0.5, 0.6) is 17.2 Å². The van der Waals surface area contributed by atoms with Crippen molar-refractivity contribution in [2.24, 2.45) is 0 Å². The van der Waals surface area contributed by atoms with Crippen LogP contribution in [-0.2, 0) is 9.59 Å². The molecule has 148 valence electrons. The van der Waals surface area contributed by atoms with E-state index in [0.717, 1.165) is 11.3 Å². The summed E-state index contributed by atoms with van der Waals surface area (Å²) in [6, 6.07) is 20.0. The van der Waals surface area contributed by atoms with Gasteiger partial charge in [0.1, 0.15) is 17.2 Å². The predicted molar refractivity (Wildman–Crippen MR) is 111 cm³/mol. The van der Waals surface area contributed by atoms with Crippen LogP contribution >= 0.6 is 0 Å². The van der Waals surface area contributed by atoms with E-state index in [1.54, 1.807) is 12.1 Å². The Labute approximate surface area is 172 Å². The molecule has 0 radical (unpaired) electrons. The number of rotatable bonds is 4. The number of hydrogen-bond donors (Lipinski definition) is 0. The molecular weight excluding hydrogens is 380 g/mol. The van der Waals surface area contributed by atoms with Crippen molar-refractivity contribution in [3.63, 3.8) is 0 Å². The van der Waals surface area contributed by atoms with Crippen LogP contribution in [0.2, 0.25) is 0 Å². The fourth-order valence-corrected chi connectivity index (χ4v) is 3.77. The van der Waals surface area contributed by atoms with Gasteiger partial charge in [-0.1, -0.05) is 42.5 Å². The van der Waals surface area contributed by atoms with Gasteiger partial charge < -0.3 is 14.2 Å². The van der Waals surface area contributed by atoms with E-state index in [2.05, 4.69) is 0 Å². The molecule has 0 aliphatic carbocycles. The summed E-state index contributed by atoms with van der Waals surface area (Å²) in [5, 5.41) is 1.23. The molecule has 5 heteroatoms. The Hall–Kier alpha value is -3.86. The molecule has 0 atom stereocenters. The molecule has 0 unspecified atom stereocenters. The van der Waals surface area contributed by atoms with Crippen LogP contribution < -0.4 is 24.6 Å². The van der Waals surface area contributed by atoms with Crippen molar-refractivity contribution in [2.45, 2.75) is 20.0 Å². The summed E-state index contributed by atoms with van der Waals surface area (Å²) >= 11 is 0. The first kappa shape index (κ1) is 18.2. The Kier molecular flexibility index (Phi) is 4.17. The van der Waals surface area contributed by atoms with Gasteiger partial charge in [0.05, 0.1) is 17.3 Å². The molecular formula is C25H18O5. The van der Waals surface area contributed by atoms with Gasteiger partial charge in [-0.25, -0.2) is 9.59 Å². The van der Waals surface area contributed by atoms with Crippen molar-refractivity contribution >= 4 is 23.1 Å². The van der Waals surface area contributed by atoms with E-state index in [1.165, 1.54) is 0 Å². The summed E-state index contributed by atoms with van der Waals surface area (Å²) in [5.41, 5.74) is 2.38. The van der Waals surface area contributed by atoms with Crippen LogP contribution in [-0.4, -0.2) is 18.0 Å². The maximum absolute atomic E-state index is 12.6. The second kappa shape index (κ2) is 6.88. The Morgan fingerprint density at radius 1 is 0.700 bits per heavy atom. The maximum Gasteiger partial charge on any atom is 0.344 e. The third-order valence-corrected chi connectivity index (χ3v) is 5.01. The van der Waals surface area contributed by atoms with Crippen LogP contribution in [0.1, 0.15) is 25.0 Å². The Morgan fingerprint density at radius 3 is 1.70 bits per heavy atom. The Morgan fingerprint density at radius 2 is 1.20 bits per heavy atom. The first-order chi connectivity index (χ1) is 14.5. The van der Waals surface area contributed by atoms with Crippen molar-refractivity contribution in [2.75, 3.05) is 0 Å². The molecule has 0 saturated heterocycles. The first-order valence-electron chi connectivity index (χ1n) is 9.71. The average Bonchev–Trinajstić information content (AvgIpc) is 3.21. The average molecular weight is 398 g/mol. The topological polar surface area (TPSA) is 61.8 Å². The van der Waals surface area contributed by atoms with Crippen molar-refractivity contribution in [1.82, 2.24) is 0 Å². The minimum atomic E-state index is -0.432. The van der Waals surface area contributed by atoms with E-state index in [1.807, 2.05) is 68.4 Å². The van der Waals surface area contributed by atoms with E-state index in [4.69, 9.17) is 14.2 Å². The van der Waals surface area contributed by atoms with E-state index >= 15 is 0 Å². The molecule has 0 fully saturated rings. The second-order valence-corrected chi connectivity index (χ2v) is 7.43. The van der Waals surface area contributed by atoms with Gasteiger partial charge in [0, 0.05) is 10.4 Å². The monoisotopic (exact) mass is 398 g/mol. The van der Waals surface area contributed by atoms with Crippen molar-refractivity contribution in [1.29, 1.82) is 0 Å². The van der Waals surface area contributed by atoms with Gasteiger partial charge in [-0.3, -0.25) is 0 Å². The van der Waals surface area contributed by atoms with Crippen LogP contribution in [0.15, 0.2) is 66.7 Å². The zero-order chi connectivity index (χ0) is 20.8. The molecule has 5 nitrogen and oxygen atoms in total. The highest BCUT2D eigenvalue weighted by atomic mass is 16.5. The zero-order valence-corrected chi connectivity index (χ0v) is 16.5. The Bertz CT molecular complexity index is 1300. The van der Waals surface area contributed by atoms with Crippen molar-refractivity contribution < 1.29 is 23.8 Å². The highest BCUT2D eigenvalue weighted by Crippen LogP contribution is 2.27. The highest BCUT2D eigenvalue weighted by molar-refractivity contribution is 6.21. The van der Waals surface area contributed by atoms with Crippen LogP contribution in [0, 0.1) is 0 Å². The van der Waals surface area contributed by atoms with E-state index < -0.39 is 11.9 Å². The summed E-state index contributed by atoms with van der Waals surface area (Å²) in [6.45, 7) is 3.91. The SMILES string of the molecule is CC(C)Oc1ccc(C2=c3cc4c(cc3OC2=O)=C(c2ccccc2)C(=O)O4)cc1. The third-order valence-electron chi connectivity index (χ3n) is 5.01. The lowest BCUT2D eigenvalue weighted by Crippen LogP contribution is -2.11. The molecule has 0 saturated carbocycles. The molecule has 3 aromatic carbocycles. The first-order valence-corrected chi connectivity index (χ1v) is 9.71. The van der Waals surface area contributed by atoms with Gasteiger partial charge in [0.2, 0.25) is 0 Å². The van der Waals surface area contributed by atoms with Gasteiger partial charge in [-0.2, -0.15) is 0 Å². The molecule has 5 rings (SSSR count). The lowest BCUT2D eigenvalue weighted by atomic mass is 10.0. The summed E-state index contributed by atoms with van der Waals surface area (Å²) in [6.07, 6.45) is 0.0630. The standard InChI is InChI=1S/C25H18O5/c1-14(2)28-17-10-8-16(9-11-17)23-19-13-20-18(12-21(19)30-25(23)27)22(24(26)29-20)15-6-4-3-5-7-15/h3-14H,1-2H3. The number of carbonyl (C=O) groups excluding carboxylic acids is 2. The number of esters is 2. The number of hydrogen-bond acceptors (Lipinski definition) is 5. The van der Waals surface area contributed by atoms with Gasteiger partial charge in [0.25, 0.3) is 0 Å². The second-order valence-electron chi connectivity index (χ2n) is 7.43. The van der Waals surface area contributed by atoms with Crippen molar-refractivity contribution in [3.05, 3.63) is 88.3 Å². The summed E-state index contributed by atoms with van der Waals surface area (Å²) in [7, 11) is 0. The summed E-state index contributed by atoms with van der Waals surface area (Å²) in [4.78, 5) is 25.1. The number of carbonyl (C=O) groups is 2. The normalized spacial score (nSPS) is 14.5. The molecule has 0 bridgehead atoms. The Balaban J connectivity index is 1.67. The lowest BCUT2D eigenvalue weighted by molar-refractivity contribution is -0.128. The lowest BCUT2D eigenvalue weighted by Gasteiger charge is -2.09. The van der Waals surface area contributed by atoms with Crippen LogP contribution in [0.4, 0.5) is 0 Å². The van der Waals surface area contributed by atoms with Gasteiger partial charge >= 0.3 is 11.9 Å². The molecule has 0 spiro atoms. The van der Waals surface area contributed by atoms with Crippen LogP contribution in [0.25, 0.3) is 11.1 Å². The van der Waals surface area contributed by atoms with E-state index in [0.29, 0.717) is 38.6 Å². The van der Waals surface area contributed by atoms with E-state index in [-0.39, 0.29) is 6.10 Å². The molecule has 2 aliphatic heterocycles. The third kappa shape index (κ3) is 2.95. The fraction of sp³-hybridized carbons (Fsp3) is 0.120. The maximum atomic E-state index is 12.6. The minimum absolute atomic E-state index is 0.0630. The highest BCUT2D eigenvalue weighted by Gasteiger charge is 2.30. The smallest absolute Gasteiger partial charge is 0.344 e. The molecule has 3 aromatic rings. The van der Waals surface area contributed by atoms with Gasteiger partial charge in [0.15, 0.2) is 0 Å². The number of ether oxygens (including phenoxy) is 3. The minimum Gasteiger partial charge on any atom is -0.491 e. The van der Waals surface area contributed by atoms with Crippen LogP contribution in [0.3, 0.4) is 0 Å². The van der Waals surface area contributed by atoms with E-state index in [9.17, 15) is 9.59 Å². The molecule has 2 aliphatic rings. The van der Waals surface area contributed by atoms with Gasteiger partial charge in [-0.05, 0) is 49.2 Å². The number of benzene rings is 3. The number of fused-ring (bicyclic) bond motifs is 2. The largest absolute Gasteiger partial charge is 0.491 e. The molecule has 2 heterocycles. The van der Waals surface area contributed by atoms with Crippen molar-refractivity contribution in [3.8, 4) is 17.2 Å². The fourth-order valence-electron chi connectivity index (χ4n) is 3.77. The molecule has 0 amide bonds. The zero-order valence-electron chi connectivity index (χ0n) is 16.5. The predicted octanol–water partition coefficient (Wildman–Crippen LogP) is 2.71. The quantitative estimate of drug-likeness (QED) is 0.500. The van der Waals surface area contributed by atoms with Gasteiger partial charge in [-0.15, -0.1) is 0 Å². The molecule has 30 heavy (non-hydrogen) atoms. The summed E-state index contributed by atoms with van der Waals surface area (Å²) in [5.74, 6) is 0.726. The molecule has 0 N–H and O–H groups in total. The summed E-state index contributed by atoms with van der Waals surface area (Å²) < 4.78 is 16.7. The molecule has 0 aromatic heterocycles.